The molecule has 0 aromatic carbocycles. The monoisotopic (exact) mass is 494 g/mol. The van der Waals surface area contributed by atoms with E-state index in [-0.39, 0.29) is 11.3 Å². The molecular formula is C24H38N4O5S. The Kier molecular flexibility index (Phi) is 6.94. The number of esters is 2. The van der Waals surface area contributed by atoms with E-state index in [1.54, 1.807) is 37.4 Å². The Morgan fingerprint density at radius 1 is 1.18 bits per heavy atom. The lowest BCUT2D eigenvalue weighted by molar-refractivity contribution is -0.179. The minimum absolute atomic E-state index is 0.159. The van der Waals surface area contributed by atoms with Crippen LogP contribution in [0.1, 0.15) is 53.9 Å². The van der Waals surface area contributed by atoms with Gasteiger partial charge in [-0.15, -0.1) is 11.8 Å². The minimum Gasteiger partial charge on any atom is -0.427 e. The normalized spacial score (nSPS) is 34.6. The average Bonchev–Trinajstić information content (AvgIpc) is 2.99. The van der Waals surface area contributed by atoms with Gasteiger partial charge in [0.2, 0.25) is 6.79 Å². The molecule has 0 spiro atoms. The molecule has 2 unspecified atom stereocenters. The number of nitrogens with zero attached hydrogens (tertiary/aromatic N) is 3. The topological polar surface area (TPSA) is 115 Å². The summed E-state index contributed by atoms with van der Waals surface area (Å²) in [4.78, 5) is 46.2. The van der Waals surface area contributed by atoms with Crippen molar-refractivity contribution in [2.75, 3.05) is 26.4 Å². The number of fused-ring (bicyclic) bond motifs is 3. The van der Waals surface area contributed by atoms with E-state index >= 15 is 0 Å². The maximum absolute atomic E-state index is 13.0. The molecule has 4 aliphatic rings. The predicted molar refractivity (Wildman–Crippen MR) is 130 cm³/mol. The van der Waals surface area contributed by atoms with Crippen LogP contribution < -0.4 is 5.73 Å². The predicted octanol–water partition coefficient (Wildman–Crippen LogP) is 1.84. The zero-order valence-corrected chi connectivity index (χ0v) is 21.7. The number of nitrogens with two attached hydrogens (primary N) is 1. The Labute approximate surface area is 206 Å². The van der Waals surface area contributed by atoms with E-state index < -0.39 is 41.0 Å². The molecule has 34 heavy (non-hydrogen) atoms. The molecule has 190 valence electrons. The second-order valence-corrected chi connectivity index (χ2v) is 13.5. The second-order valence-electron chi connectivity index (χ2n) is 11.7. The number of aliphatic imine (C=N–C) groups is 1. The average molecular weight is 495 g/mol. The van der Waals surface area contributed by atoms with Crippen LogP contribution in [0.5, 0.6) is 0 Å². The molecule has 3 heterocycles. The van der Waals surface area contributed by atoms with Gasteiger partial charge in [-0.25, -0.2) is 4.79 Å². The van der Waals surface area contributed by atoms with Crippen molar-refractivity contribution in [2.45, 2.75) is 76.1 Å². The maximum Gasteiger partial charge on any atom is 0.333 e. The number of likely N-dealkylation sites (tertiary alicyclic amines) is 1. The summed E-state index contributed by atoms with van der Waals surface area (Å²) in [6.45, 7) is 11.3. The van der Waals surface area contributed by atoms with Gasteiger partial charge >= 0.3 is 11.9 Å². The van der Waals surface area contributed by atoms with Gasteiger partial charge in [-0.2, -0.15) is 0 Å². The third-order valence-corrected chi connectivity index (χ3v) is 8.91. The van der Waals surface area contributed by atoms with Gasteiger partial charge in [-0.3, -0.25) is 14.6 Å². The van der Waals surface area contributed by atoms with Gasteiger partial charge in [0.05, 0.1) is 11.8 Å². The van der Waals surface area contributed by atoms with Crippen molar-refractivity contribution in [1.82, 2.24) is 9.80 Å². The standard InChI is InChI=1S/C24H38N4O5S/c1-23(2,3)22(31)33-13-32-21(30)18-24(4,5)34-20-17(19(29)28(18)20)26-12-27-10-15-6-14(9-25)7-16(8-15)11-27/h12,14-18,20H,6-11,13,25H2,1-5H3/t14?,15?,16?,17-,18+,20-/m1/s1. The fourth-order valence-corrected chi connectivity index (χ4v) is 7.35. The van der Waals surface area contributed by atoms with Crippen LogP contribution in [-0.2, 0) is 23.9 Å². The van der Waals surface area contributed by atoms with Crippen molar-refractivity contribution < 1.29 is 23.9 Å². The van der Waals surface area contributed by atoms with Crippen LogP contribution in [0.15, 0.2) is 4.99 Å². The molecule has 1 amide bonds. The van der Waals surface area contributed by atoms with Crippen LogP contribution in [0.4, 0.5) is 0 Å². The molecule has 4 fully saturated rings. The highest BCUT2D eigenvalue weighted by atomic mass is 32.2. The number of rotatable bonds is 6. The Morgan fingerprint density at radius 2 is 1.82 bits per heavy atom. The maximum atomic E-state index is 13.0. The van der Waals surface area contributed by atoms with Gasteiger partial charge in [-0.1, -0.05) is 0 Å². The molecule has 9 nitrogen and oxygen atoms in total. The molecule has 0 aromatic heterocycles. The summed E-state index contributed by atoms with van der Waals surface area (Å²) in [5.41, 5.74) is 5.22. The number of ether oxygens (including phenoxy) is 2. The first-order chi connectivity index (χ1) is 15.9. The Balaban J connectivity index is 1.33. The first-order valence-electron chi connectivity index (χ1n) is 12.2. The van der Waals surface area contributed by atoms with Crippen molar-refractivity contribution in [1.29, 1.82) is 0 Å². The second kappa shape index (κ2) is 9.33. The van der Waals surface area contributed by atoms with Crippen molar-refractivity contribution >= 4 is 35.9 Å². The Morgan fingerprint density at radius 3 is 2.41 bits per heavy atom. The van der Waals surface area contributed by atoms with E-state index in [4.69, 9.17) is 15.2 Å². The number of piperidine rings is 1. The SMILES string of the molecule is CC(C)(C)C(=O)OCOC(=O)[C@@H]1N2C(=O)[C@@H](N=CN3CC4CC(CN)CC(C4)C3)[C@H]2SC1(C)C. The smallest absolute Gasteiger partial charge is 0.333 e. The van der Waals surface area contributed by atoms with E-state index in [9.17, 15) is 14.4 Å². The highest BCUT2D eigenvalue weighted by Crippen LogP contribution is 2.52. The largest absolute Gasteiger partial charge is 0.427 e. The number of hydrogen-bond acceptors (Lipinski definition) is 8. The van der Waals surface area contributed by atoms with Crippen LogP contribution in [0.25, 0.3) is 0 Å². The van der Waals surface area contributed by atoms with Gasteiger partial charge < -0.3 is 25.0 Å². The van der Waals surface area contributed by atoms with Crippen LogP contribution in [0.2, 0.25) is 0 Å². The van der Waals surface area contributed by atoms with Crippen molar-refractivity contribution in [2.24, 2.45) is 33.9 Å². The molecule has 0 aromatic rings. The van der Waals surface area contributed by atoms with E-state index in [1.807, 2.05) is 20.2 Å². The first kappa shape index (κ1) is 25.3. The third kappa shape index (κ3) is 4.94. The molecule has 0 radical (unpaired) electrons. The molecule has 3 saturated heterocycles. The van der Waals surface area contributed by atoms with E-state index in [1.165, 1.54) is 19.3 Å². The van der Waals surface area contributed by atoms with Gasteiger partial charge in [0.1, 0.15) is 11.4 Å². The highest BCUT2D eigenvalue weighted by Gasteiger charge is 2.64. The fraction of sp³-hybridized carbons (Fsp3) is 0.833. The lowest BCUT2D eigenvalue weighted by Gasteiger charge is -2.44. The van der Waals surface area contributed by atoms with Crippen molar-refractivity contribution in [3.05, 3.63) is 0 Å². The van der Waals surface area contributed by atoms with E-state index in [0.29, 0.717) is 17.8 Å². The molecule has 1 saturated carbocycles. The summed E-state index contributed by atoms with van der Waals surface area (Å²) in [5, 5.41) is -0.195. The lowest BCUT2D eigenvalue weighted by atomic mass is 9.72. The molecule has 3 aliphatic heterocycles. The number of β-lactam (4-membered cyclic amide) rings is 1. The summed E-state index contributed by atoms with van der Waals surface area (Å²) >= 11 is 1.57. The van der Waals surface area contributed by atoms with E-state index in [0.717, 1.165) is 19.6 Å². The van der Waals surface area contributed by atoms with Gasteiger partial charge in [0, 0.05) is 17.8 Å². The molecule has 10 heteroatoms. The van der Waals surface area contributed by atoms with Crippen LogP contribution in [0, 0.1) is 23.2 Å². The zero-order valence-electron chi connectivity index (χ0n) is 20.9. The Bertz CT molecular complexity index is 843. The van der Waals surface area contributed by atoms with Crippen LogP contribution in [0.3, 0.4) is 0 Å². The molecule has 2 bridgehead atoms. The third-order valence-electron chi connectivity index (χ3n) is 7.35. The molecule has 5 atom stereocenters. The molecule has 4 rings (SSSR count). The van der Waals surface area contributed by atoms with E-state index in [2.05, 4.69) is 9.89 Å². The van der Waals surface area contributed by atoms with Gasteiger partial charge in [0.15, 0.2) is 6.04 Å². The number of hydrogen-bond donors (Lipinski definition) is 1. The summed E-state index contributed by atoms with van der Waals surface area (Å²) in [6.07, 6.45) is 5.47. The number of amides is 1. The van der Waals surface area contributed by atoms with Gasteiger partial charge in [-0.05, 0) is 78.2 Å². The molecule has 1 aliphatic carbocycles. The number of carbonyl (C=O) groups excluding carboxylic acids is 3. The lowest BCUT2D eigenvalue weighted by Crippen LogP contribution is -2.65. The quantitative estimate of drug-likeness (QED) is 0.196. The summed E-state index contributed by atoms with van der Waals surface area (Å²) in [5.74, 6) is 0.757. The summed E-state index contributed by atoms with van der Waals surface area (Å²) in [7, 11) is 0. The van der Waals surface area contributed by atoms with Crippen molar-refractivity contribution in [3.8, 4) is 0 Å². The summed E-state index contributed by atoms with van der Waals surface area (Å²) < 4.78 is 9.76. The Hall–Kier alpha value is -1.81. The molecule has 2 N–H and O–H groups in total. The van der Waals surface area contributed by atoms with Crippen LogP contribution >= 0.6 is 11.8 Å². The van der Waals surface area contributed by atoms with Crippen molar-refractivity contribution in [3.63, 3.8) is 0 Å². The minimum atomic E-state index is -0.739. The number of thioether (sulfide) groups is 1. The zero-order chi connectivity index (χ0) is 24.8. The molecular weight excluding hydrogens is 456 g/mol. The fourth-order valence-electron chi connectivity index (χ4n) is 5.74. The number of carbonyl (C=O) groups is 3. The van der Waals surface area contributed by atoms with Gasteiger partial charge in [0.25, 0.3) is 5.91 Å². The summed E-state index contributed by atoms with van der Waals surface area (Å²) in [6, 6.07) is -1.23. The highest BCUT2D eigenvalue weighted by molar-refractivity contribution is 8.01. The van der Waals surface area contributed by atoms with Crippen LogP contribution in [-0.4, -0.2) is 82.6 Å². The first-order valence-corrected chi connectivity index (χ1v) is 13.1.